The van der Waals surface area contributed by atoms with E-state index in [4.69, 9.17) is 17.0 Å². The smallest absolute Gasteiger partial charge is 0.318 e. The Morgan fingerprint density at radius 1 is 1.02 bits per heavy atom. The van der Waals surface area contributed by atoms with Gasteiger partial charge in [-0.1, -0.05) is 30.0 Å². The summed E-state index contributed by atoms with van der Waals surface area (Å²) in [5.74, 6) is 1.13. The van der Waals surface area contributed by atoms with E-state index in [2.05, 4.69) is 5.43 Å². The second kappa shape index (κ2) is 9.97. The minimum absolute atomic E-state index is 0.140. The number of non-ortho nitro benzene ring substituents is 1. The van der Waals surface area contributed by atoms with Gasteiger partial charge < -0.3 is 4.74 Å². The van der Waals surface area contributed by atoms with Gasteiger partial charge in [0, 0.05) is 11.6 Å². The van der Waals surface area contributed by atoms with E-state index in [0.717, 1.165) is 54.2 Å². The molecular formula is C27H24N4O7S2. The summed E-state index contributed by atoms with van der Waals surface area (Å²) in [4.78, 5) is 48.2. The first kappa shape index (κ1) is 26.4. The molecule has 2 aromatic rings. The van der Waals surface area contributed by atoms with Crippen molar-refractivity contribution in [2.75, 3.05) is 0 Å². The molecule has 5 fully saturated rings. The largest absolute Gasteiger partial charge is 0.449 e. The number of amides is 2. The molecule has 2 aromatic carbocycles. The Labute approximate surface area is 238 Å². The monoisotopic (exact) mass is 580 g/mol. The highest BCUT2D eigenvalue weighted by Crippen LogP contribution is 2.60. The summed E-state index contributed by atoms with van der Waals surface area (Å²) < 4.78 is 6.00. The highest BCUT2D eigenvalue weighted by atomic mass is 32.2. The quantitative estimate of drug-likeness (QED) is 0.187. The number of thioether (sulfide) groups is 1. The van der Waals surface area contributed by atoms with Gasteiger partial charge in [0.15, 0.2) is 4.32 Å². The van der Waals surface area contributed by atoms with E-state index in [9.17, 15) is 29.8 Å². The van der Waals surface area contributed by atoms with E-state index < -0.39 is 32.5 Å². The maximum absolute atomic E-state index is 13.5. The highest BCUT2D eigenvalue weighted by Gasteiger charge is 2.55. The van der Waals surface area contributed by atoms with Crippen LogP contribution in [0, 0.1) is 43.4 Å². The van der Waals surface area contributed by atoms with Crippen LogP contribution in [-0.4, -0.2) is 31.0 Å². The third-order valence-electron chi connectivity index (χ3n) is 8.30. The highest BCUT2D eigenvalue weighted by molar-refractivity contribution is 8.26. The van der Waals surface area contributed by atoms with Crippen LogP contribution in [0.4, 0.5) is 11.4 Å². The molecule has 7 rings (SSSR count). The number of carbonyl (C=O) groups is 2. The standard InChI is InChI=1S/C27H24N4O7S2/c32-24-23(40-26(39)29(24)28-25(33)27-12-15-7-16(13-27)9-17(8-15)14-27)10-18-3-1-2-4-21(18)38-22-6-5-19(30(34)35)11-20(22)31(36)37/h1-6,10-11,15-17H,7-9,12-14H2,(H,28,33)/b23-10+. The molecular weight excluding hydrogens is 556 g/mol. The van der Waals surface area contributed by atoms with Crippen LogP contribution in [0.25, 0.3) is 6.08 Å². The van der Waals surface area contributed by atoms with E-state index in [0.29, 0.717) is 23.3 Å². The molecule has 40 heavy (non-hydrogen) atoms. The number of carbonyl (C=O) groups excluding carboxylic acids is 2. The van der Waals surface area contributed by atoms with Gasteiger partial charge in [-0.15, -0.1) is 0 Å². The van der Waals surface area contributed by atoms with Crippen molar-refractivity contribution in [3.63, 3.8) is 0 Å². The molecule has 1 aliphatic heterocycles. The molecule has 0 aromatic heterocycles. The first-order valence-electron chi connectivity index (χ1n) is 12.9. The maximum Gasteiger partial charge on any atom is 0.318 e. The van der Waals surface area contributed by atoms with Crippen LogP contribution in [0.5, 0.6) is 11.5 Å². The van der Waals surface area contributed by atoms with Gasteiger partial charge in [0.2, 0.25) is 11.7 Å². The van der Waals surface area contributed by atoms with E-state index in [-0.39, 0.29) is 26.6 Å². The summed E-state index contributed by atoms with van der Waals surface area (Å²) >= 11 is 6.48. The molecule has 4 aliphatic carbocycles. The number of thiocarbonyl (C=S) groups is 1. The topological polar surface area (TPSA) is 145 Å². The predicted molar refractivity (Wildman–Crippen MR) is 150 cm³/mol. The van der Waals surface area contributed by atoms with Crippen molar-refractivity contribution in [1.82, 2.24) is 10.4 Å². The number of rotatable bonds is 7. The van der Waals surface area contributed by atoms with Crippen LogP contribution in [0.15, 0.2) is 47.4 Å². The van der Waals surface area contributed by atoms with E-state index in [1.54, 1.807) is 30.3 Å². The number of para-hydroxylation sites is 1. The van der Waals surface area contributed by atoms with Crippen molar-refractivity contribution in [2.24, 2.45) is 23.2 Å². The molecule has 4 bridgehead atoms. The van der Waals surface area contributed by atoms with Crippen molar-refractivity contribution < 1.29 is 24.2 Å². The Balaban J connectivity index is 1.22. The zero-order valence-electron chi connectivity index (χ0n) is 21.1. The van der Waals surface area contributed by atoms with Gasteiger partial charge in [-0.05, 0) is 86.7 Å². The van der Waals surface area contributed by atoms with Gasteiger partial charge in [-0.2, -0.15) is 5.01 Å². The number of hydrogen-bond donors (Lipinski definition) is 1. The molecule has 1 N–H and O–H groups in total. The molecule has 2 amide bonds. The summed E-state index contributed by atoms with van der Waals surface area (Å²) in [6.45, 7) is 0. The van der Waals surface area contributed by atoms with Crippen molar-refractivity contribution in [1.29, 1.82) is 0 Å². The van der Waals surface area contributed by atoms with Crippen LogP contribution < -0.4 is 10.2 Å². The normalized spacial score (nSPS) is 27.8. The van der Waals surface area contributed by atoms with Gasteiger partial charge >= 0.3 is 5.69 Å². The molecule has 4 saturated carbocycles. The second-order valence-corrected chi connectivity index (χ2v) is 12.6. The summed E-state index contributed by atoms with van der Waals surface area (Å²) in [7, 11) is 0. The Morgan fingerprint density at radius 2 is 1.68 bits per heavy atom. The number of nitro benzene ring substituents is 2. The first-order valence-corrected chi connectivity index (χ1v) is 14.1. The third-order valence-corrected chi connectivity index (χ3v) is 9.60. The lowest BCUT2D eigenvalue weighted by atomic mass is 9.49. The zero-order valence-corrected chi connectivity index (χ0v) is 22.7. The van der Waals surface area contributed by atoms with Gasteiger partial charge in [-0.3, -0.25) is 35.2 Å². The van der Waals surface area contributed by atoms with Crippen LogP contribution in [0.3, 0.4) is 0 Å². The SMILES string of the molecule is O=C1/C(=C\c2ccccc2Oc2ccc([N+](=O)[O-])cc2[N+](=O)[O-])SC(=S)N1NC(=O)C12CC3CC(CC(C3)C1)C2. The zero-order chi connectivity index (χ0) is 28.2. The maximum atomic E-state index is 13.5. The summed E-state index contributed by atoms with van der Waals surface area (Å²) in [6.07, 6.45) is 7.70. The van der Waals surface area contributed by atoms with Crippen LogP contribution in [0.1, 0.15) is 44.1 Å². The fourth-order valence-electron chi connectivity index (χ4n) is 6.97. The lowest BCUT2D eigenvalue weighted by Crippen LogP contribution is -2.57. The van der Waals surface area contributed by atoms with E-state index in [1.807, 2.05) is 0 Å². The Morgan fingerprint density at radius 3 is 2.30 bits per heavy atom. The molecule has 5 aliphatic rings. The molecule has 1 heterocycles. The molecule has 0 unspecified atom stereocenters. The molecule has 0 spiro atoms. The summed E-state index contributed by atoms with van der Waals surface area (Å²) in [5.41, 5.74) is 1.81. The second-order valence-electron chi connectivity index (χ2n) is 11.0. The fraction of sp³-hybridized carbons (Fsp3) is 0.370. The Kier molecular flexibility index (Phi) is 6.57. The number of hydrazine groups is 1. The van der Waals surface area contributed by atoms with E-state index in [1.165, 1.54) is 19.3 Å². The molecule has 0 radical (unpaired) electrons. The predicted octanol–water partition coefficient (Wildman–Crippen LogP) is 5.74. The minimum Gasteiger partial charge on any atom is -0.449 e. The Hall–Kier alpha value is -3.84. The van der Waals surface area contributed by atoms with Crippen molar-refractivity contribution in [2.45, 2.75) is 38.5 Å². The van der Waals surface area contributed by atoms with Crippen molar-refractivity contribution in [3.05, 3.63) is 73.2 Å². The third kappa shape index (κ3) is 4.73. The molecule has 1 saturated heterocycles. The van der Waals surface area contributed by atoms with Gasteiger partial charge in [0.05, 0.1) is 26.2 Å². The lowest BCUT2D eigenvalue weighted by molar-refractivity contribution is -0.394. The van der Waals surface area contributed by atoms with Crippen LogP contribution in [-0.2, 0) is 9.59 Å². The molecule has 0 atom stereocenters. The van der Waals surface area contributed by atoms with Crippen LogP contribution in [0.2, 0.25) is 0 Å². The average Bonchev–Trinajstić information content (AvgIpc) is 3.16. The van der Waals surface area contributed by atoms with E-state index >= 15 is 0 Å². The number of nitrogens with one attached hydrogen (secondary N) is 1. The van der Waals surface area contributed by atoms with Crippen molar-refractivity contribution in [3.8, 4) is 11.5 Å². The van der Waals surface area contributed by atoms with Gasteiger partial charge in [0.25, 0.3) is 11.6 Å². The minimum atomic E-state index is -0.761. The Bertz CT molecular complexity index is 1470. The fourth-order valence-corrected chi connectivity index (χ4v) is 8.14. The van der Waals surface area contributed by atoms with Crippen LogP contribution >= 0.6 is 24.0 Å². The lowest BCUT2D eigenvalue weighted by Gasteiger charge is -2.55. The number of nitrogens with zero attached hydrogens (tertiary/aromatic N) is 3. The van der Waals surface area contributed by atoms with Gasteiger partial charge in [0.1, 0.15) is 5.75 Å². The van der Waals surface area contributed by atoms with Crippen molar-refractivity contribution >= 4 is 57.6 Å². The molecule has 13 heteroatoms. The average molecular weight is 581 g/mol. The summed E-state index contributed by atoms with van der Waals surface area (Å²) in [5, 5.41) is 23.7. The first-order chi connectivity index (χ1) is 19.1. The number of nitro groups is 2. The number of hydrogen-bond acceptors (Lipinski definition) is 9. The molecule has 11 nitrogen and oxygen atoms in total. The number of benzene rings is 2. The number of ether oxygens (including phenoxy) is 1. The van der Waals surface area contributed by atoms with Gasteiger partial charge in [-0.25, -0.2) is 0 Å². The molecule has 206 valence electrons. The summed E-state index contributed by atoms with van der Waals surface area (Å²) in [6, 6.07) is 9.68.